The number of rotatable bonds is 5. The summed E-state index contributed by atoms with van der Waals surface area (Å²) in [4.78, 5) is 26.1. The number of aromatic nitrogens is 2. The van der Waals surface area contributed by atoms with Crippen molar-refractivity contribution in [3.63, 3.8) is 0 Å². The number of benzene rings is 2. The minimum atomic E-state index is -0.137. The van der Waals surface area contributed by atoms with Gasteiger partial charge in [-0.3, -0.25) is 4.79 Å². The van der Waals surface area contributed by atoms with E-state index in [1.807, 2.05) is 44.2 Å². The number of hydrogen-bond acceptors (Lipinski definition) is 6. The quantitative estimate of drug-likeness (QED) is 0.658. The van der Waals surface area contributed by atoms with Gasteiger partial charge >= 0.3 is 0 Å². The highest BCUT2D eigenvalue weighted by molar-refractivity contribution is 6.04. The van der Waals surface area contributed by atoms with E-state index in [1.165, 1.54) is 5.69 Å². The van der Waals surface area contributed by atoms with Crippen molar-refractivity contribution in [2.45, 2.75) is 13.8 Å². The van der Waals surface area contributed by atoms with Gasteiger partial charge in [-0.2, -0.15) is 0 Å². The van der Waals surface area contributed by atoms with Gasteiger partial charge in [0.05, 0.1) is 0 Å². The van der Waals surface area contributed by atoms with Crippen LogP contribution in [0.5, 0.6) is 0 Å². The number of nitrogens with zero attached hydrogens (tertiary/aromatic N) is 4. The Hall–Kier alpha value is -3.45. The minimum Gasteiger partial charge on any atom is -0.369 e. The van der Waals surface area contributed by atoms with Gasteiger partial charge < -0.3 is 20.4 Å². The summed E-state index contributed by atoms with van der Waals surface area (Å²) in [5, 5.41) is 6.15. The molecule has 0 bridgehead atoms. The first-order chi connectivity index (χ1) is 15.0. The zero-order valence-electron chi connectivity index (χ0n) is 18.2. The lowest BCUT2D eigenvalue weighted by atomic mass is 10.2. The normalized spacial score (nSPS) is 14.4. The van der Waals surface area contributed by atoms with E-state index in [-0.39, 0.29) is 5.91 Å². The van der Waals surface area contributed by atoms with Crippen LogP contribution in [-0.2, 0) is 0 Å². The van der Waals surface area contributed by atoms with Crippen LogP contribution < -0.4 is 15.5 Å². The predicted molar refractivity (Wildman–Crippen MR) is 125 cm³/mol. The summed E-state index contributed by atoms with van der Waals surface area (Å²) in [6.07, 6.45) is 0. The van der Waals surface area contributed by atoms with Crippen molar-refractivity contribution in [3.05, 3.63) is 71.5 Å². The number of likely N-dealkylation sites (N-methyl/N-ethyl adjacent to an activating group) is 1. The Balaban J connectivity index is 1.36. The Morgan fingerprint density at radius 3 is 2.03 bits per heavy atom. The van der Waals surface area contributed by atoms with Gasteiger partial charge in [0.25, 0.3) is 5.91 Å². The molecule has 7 heteroatoms. The molecule has 0 saturated carbocycles. The van der Waals surface area contributed by atoms with Crippen LogP contribution in [0.25, 0.3) is 0 Å². The lowest BCUT2D eigenvalue weighted by Crippen LogP contribution is -2.44. The molecule has 4 rings (SSSR count). The van der Waals surface area contributed by atoms with Crippen molar-refractivity contribution in [2.24, 2.45) is 0 Å². The van der Waals surface area contributed by atoms with Crippen molar-refractivity contribution >= 4 is 28.9 Å². The van der Waals surface area contributed by atoms with E-state index in [0.717, 1.165) is 48.9 Å². The zero-order valence-corrected chi connectivity index (χ0v) is 18.2. The van der Waals surface area contributed by atoms with Gasteiger partial charge in [0.1, 0.15) is 0 Å². The van der Waals surface area contributed by atoms with Gasteiger partial charge in [-0.25, -0.2) is 9.97 Å². The fourth-order valence-corrected chi connectivity index (χ4v) is 3.64. The molecule has 3 aromatic rings. The van der Waals surface area contributed by atoms with Crippen LogP contribution >= 0.6 is 0 Å². The van der Waals surface area contributed by atoms with Crippen molar-refractivity contribution in [3.8, 4) is 0 Å². The molecule has 31 heavy (non-hydrogen) atoms. The SMILES string of the molecule is Cc1cc(C)nc(Nc2ccc(C(=O)Nc3ccc(N4CCN(C)CC4)cc3)cc2)n1. The Labute approximate surface area is 183 Å². The third-order valence-electron chi connectivity index (χ3n) is 5.38. The van der Waals surface area contributed by atoms with E-state index in [9.17, 15) is 4.79 Å². The van der Waals surface area contributed by atoms with E-state index >= 15 is 0 Å². The van der Waals surface area contributed by atoms with Crippen molar-refractivity contribution < 1.29 is 4.79 Å². The maximum atomic E-state index is 12.6. The Bertz CT molecular complexity index is 1020. The number of carbonyl (C=O) groups excluding carboxylic acids is 1. The molecule has 2 aromatic carbocycles. The fourth-order valence-electron chi connectivity index (χ4n) is 3.64. The first kappa shape index (κ1) is 20.8. The van der Waals surface area contributed by atoms with Crippen LogP contribution in [0.1, 0.15) is 21.7 Å². The van der Waals surface area contributed by atoms with Crippen LogP contribution in [0.4, 0.5) is 23.0 Å². The lowest BCUT2D eigenvalue weighted by molar-refractivity contribution is 0.102. The molecule has 160 valence electrons. The Morgan fingerprint density at radius 1 is 0.839 bits per heavy atom. The molecule has 0 spiro atoms. The highest BCUT2D eigenvalue weighted by Gasteiger charge is 2.14. The maximum Gasteiger partial charge on any atom is 0.255 e. The number of hydrogen-bond donors (Lipinski definition) is 2. The number of anilines is 4. The van der Waals surface area contributed by atoms with E-state index < -0.39 is 0 Å². The summed E-state index contributed by atoms with van der Waals surface area (Å²) in [6.45, 7) is 8.05. The Morgan fingerprint density at radius 2 is 1.42 bits per heavy atom. The van der Waals surface area contributed by atoms with Crippen LogP contribution in [0.3, 0.4) is 0 Å². The molecule has 7 nitrogen and oxygen atoms in total. The number of amides is 1. The molecule has 1 amide bonds. The molecule has 1 aliphatic rings. The van der Waals surface area contributed by atoms with Crippen molar-refractivity contribution in [1.29, 1.82) is 0 Å². The van der Waals surface area contributed by atoms with Gasteiger partial charge in [0.2, 0.25) is 5.95 Å². The molecule has 0 aliphatic carbocycles. The second-order valence-corrected chi connectivity index (χ2v) is 7.97. The van der Waals surface area contributed by atoms with Gasteiger partial charge in [-0.15, -0.1) is 0 Å². The second kappa shape index (κ2) is 9.14. The van der Waals surface area contributed by atoms with Gasteiger partial charge in [-0.05, 0) is 75.5 Å². The van der Waals surface area contributed by atoms with Crippen molar-refractivity contribution in [1.82, 2.24) is 14.9 Å². The molecular weight excluding hydrogens is 388 g/mol. The molecule has 0 atom stereocenters. The smallest absolute Gasteiger partial charge is 0.255 e. The van der Waals surface area contributed by atoms with E-state index in [0.29, 0.717) is 11.5 Å². The molecule has 1 aromatic heterocycles. The van der Waals surface area contributed by atoms with E-state index in [2.05, 4.69) is 49.6 Å². The minimum absolute atomic E-state index is 0.137. The lowest BCUT2D eigenvalue weighted by Gasteiger charge is -2.34. The topological polar surface area (TPSA) is 73.4 Å². The van der Waals surface area contributed by atoms with Crippen molar-refractivity contribution in [2.75, 3.05) is 48.8 Å². The highest BCUT2D eigenvalue weighted by atomic mass is 16.1. The summed E-state index contributed by atoms with van der Waals surface area (Å²) in [6, 6.07) is 17.3. The summed E-state index contributed by atoms with van der Waals surface area (Å²) in [7, 11) is 2.15. The van der Waals surface area contributed by atoms with E-state index in [4.69, 9.17) is 0 Å². The number of piperazine rings is 1. The molecular formula is C24H28N6O. The number of aryl methyl sites for hydroxylation is 2. The first-order valence-electron chi connectivity index (χ1n) is 10.5. The predicted octanol–water partition coefficient (Wildman–Crippen LogP) is 3.84. The third-order valence-corrected chi connectivity index (χ3v) is 5.38. The van der Waals surface area contributed by atoms with Gasteiger partial charge in [-0.1, -0.05) is 0 Å². The summed E-state index contributed by atoms with van der Waals surface area (Å²) in [5.74, 6) is 0.414. The monoisotopic (exact) mass is 416 g/mol. The zero-order chi connectivity index (χ0) is 21.8. The average Bonchev–Trinajstić information content (AvgIpc) is 2.75. The molecule has 0 radical (unpaired) electrons. The first-order valence-corrected chi connectivity index (χ1v) is 10.5. The maximum absolute atomic E-state index is 12.6. The standard InChI is InChI=1S/C24H28N6O/c1-17-16-18(2)26-24(25-17)28-21-6-4-19(5-7-21)23(31)27-20-8-10-22(11-9-20)30-14-12-29(3)13-15-30/h4-11,16H,12-15H2,1-3H3,(H,27,31)(H,25,26,28). The fraction of sp³-hybridized carbons (Fsp3) is 0.292. The largest absolute Gasteiger partial charge is 0.369 e. The van der Waals surface area contributed by atoms with Crippen LogP contribution in [0.15, 0.2) is 54.6 Å². The van der Waals surface area contributed by atoms with E-state index in [1.54, 1.807) is 12.1 Å². The molecule has 1 saturated heterocycles. The van der Waals surface area contributed by atoms with Crippen LogP contribution in [-0.4, -0.2) is 54.0 Å². The summed E-state index contributed by atoms with van der Waals surface area (Å²) >= 11 is 0. The molecule has 0 unspecified atom stereocenters. The molecule has 2 N–H and O–H groups in total. The second-order valence-electron chi connectivity index (χ2n) is 7.97. The summed E-state index contributed by atoms with van der Waals surface area (Å²) in [5.41, 5.74) is 5.21. The van der Waals surface area contributed by atoms with Crippen LogP contribution in [0, 0.1) is 13.8 Å². The number of nitrogens with one attached hydrogen (secondary N) is 2. The van der Waals surface area contributed by atoms with Crippen LogP contribution in [0.2, 0.25) is 0 Å². The molecule has 1 aliphatic heterocycles. The third kappa shape index (κ3) is 5.38. The van der Waals surface area contributed by atoms with Gasteiger partial charge in [0, 0.05) is 60.2 Å². The highest BCUT2D eigenvalue weighted by Crippen LogP contribution is 2.20. The summed E-state index contributed by atoms with van der Waals surface area (Å²) < 4.78 is 0. The van der Waals surface area contributed by atoms with Gasteiger partial charge in [0.15, 0.2) is 0 Å². The molecule has 2 heterocycles. The molecule has 1 fully saturated rings. The number of carbonyl (C=O) groups is 1. The average molecular weight is 417 g/mol. The Kier molecular flexibility index (Phi) is 6.13.